The lowest BCUT2D eigenvalue weighted by molar-refractivity contribution is 0.102. The molecule has 0 spiro atoms. The minimum absolute atomic E-state index is 0.233. The van der Waals surface area contributed by atoms with Crippen molar-refractivity contribution in [3.05, 3.63) is 63.6 Å². The van der Waals surface area contributed by atoms with Gasteiger partial charge in [-0.25, -0.2) is 0 Å². The molecule has 0 radical (unpaired) electrons. The lowest BCUT2D eigenvalue weighted by atomic mass is 10.2. The Morgan fingerprint density at radius 2 is 1.90 bits per heavy atom. The normalized spacial score (nSPS) is 10.8. The van der Waals surface area contributed by atoms with Crippen molar-refractivity contribution in [2.45, 2.75) is 42.7 Å². The van der Waals surface area contributed by atoms with Crippen LogP contribution in [0.3, 0.4) is 0 Å². The van der Waals surface area contributed by atoms with E-state index >= 15 is 0 Å². The average molecular weight is 496 g/mol. The van der Waals surface area contributed by atoms with Gasteiger partial charge in [-0.3, -0.25) is 10.1 Å². The van der Waals surface area contributed by atoms with Crippen LogP contribution in [0.5, 0.6) is 5.75 Å². The van der Waals surface area contributed by atoms with E-state index in [1.165, 1.54) is 42.4 Å². The van der Waals surface area contributed by atoms with Crippen LogP contribution in [0, 0.1) is 0 Å². The van der Waals surface area contributed by atoms with E-state index in [0.29, 0.717) is 33.1 Å². The molecule has 5 nitrogen and oxygen atoms in total. The van der Waals surface area contributed by atoms with E-state index < -0.39 is 0 Å². The third-order valence-corrected chi connectivity index (χ3v) is 6.98. The molecule has 1 heterocycles. The molecule has 0 atom stereocenters. The van der Waals surface area contributed by atoms with Crippen LogP contribution in [-0.2, 0) is 5.75 Å². The van der Waals surface area contributed by atoms with E-state index in [2.05, 4.69) is 22.4 Å². The first-order valence-electron chi connectivity index (χ1n) is 9.99. The van der Waals surface area contributed by atoms with Crippen LogP contribution >= 0.6 is 46.3 Å². The van der Waals surface area contributed by atoms with Crippen molar-refractivity contribution in [1.29, 1.82) is 0 Å². The van der Waals surface area contributed by atoms with Crippen molar-refractivity contribution in [1.82, 2.24) is 10.2 Å². The Balaban J connectivity index is 1.47. The number of carbonyl (C=O) groups excluding carboxylic acids is 1. The van der Waals surface area contributed by atoms with Crippen molar-refractivity contribution in [2.24, 2.45) is 0 Å². The van der Waals surface area contributed by atoms with E-state index in [-0.39, 0.29) is 5.91 Å². The molecule has 0 unspecified atom stereocenters. The second kappa shape index (κ2) is 12.3. The topological polar surface area (TPSA) is 64.1 Å². The van der Waals surface area contributed by atoms with Crippen LogP contribution in [0.15, 0.2) is 46.8 Å². The summed E-state index contributed by atoms with van der Waals surface area (Å²) >= 11 is 14.9. The van der Waals surface area contributed by atoms with E-state index in [4.69, 9.17) is 27.9 Å². The van der Waals surface area contributed by atoms with Gasteiger partial charge in [-0.1, -0.05) is 78.6 Å². The Hall–Kier alpha value is -1.80. The quantitative estimate of drug-likeness (QED) is 0.171. The molecule has 3 rings (SSSR count). The molecule has 0 aliphatic rings. The molecule has 0 aliphatic carbocycles. The van der Waals surface area contributed by atoms with Crippen molar-refractivity contribution in [3.8, 4) is 5.75 Å². The molecular formula is C22H23Cl2N3O2S2. The van der Waals surface area contributed by atoms with Crippen LogP contribution in [0.1, 0.15) is 48.5 Å². The van der Waals surface area contributed by atoms with Gasteiger partial charge in [-0.05, 0) is 48.4 Å². The first-order chi connectivity index (χ1) is 15.0. The SMILES string of the molecule is CCCCCCOc1ccc(C(=O)Nc2nnc(SCc3ccc(Cl)cc3Cl)s2)cc1. The summed E-state index contributed by atoms with van der Waals surface area (Å²) < 4.78 is 6.46. The molecule has 1 N–H and O–H groups in total. The fraction of sp³-hybridized carbons (Fsp3) is 0.318. The Kier molecular flexibility index (Phi) is 9.46. The number of halogens is 2. The highest BCUT2D eigenvalue weighted by Crippen LogP contribution is 2.31. The maximum absolute atomic E-state index is 12.5. The summed E-state index contributed by atoms with van der Waals surface area (Å²) in [4.78, 5) is 12.5. The van der Waals surface area contributed by atoms with Crippen LogP contribution < -0.4 is 10.1 Å². The van der Waals surface area contributed by atoms with Crippen LogP contribution in [-0.4, -0.2) is 22.7 Å². The molecule has 0 bridgehead atoms. The van der Waals surface area contributed by atoms with E-state index in [9.17, 15) is 4.79 Å². The van der Waals surface area contributed by atoms with Crippen LogP contribution in [0.4, 0.5) is 5.13 Å². The second-order valence-corrected chi connectivity index (χ2v) is 9.83. The summed E-state index contributed by atoms with van der Waals surface area (Å²) in [6, 6.07) is 12.5. The number of unbranched alkanes of at least 4 members (excludes halogenated alkanes) is 3. The number of carbonyl (C=O) groups is 1. The zero-order valence-electron chi connectivity index (χ0n) is 17.1. The first-order valence-corrected chi connectivity index (χ1v) is 12.6. The largest absolute Gasteiger partial charge is 0.494 e. The Morgan fingerprint density at radius 1 is 1.10 bits per heavy atom. The smallest absolute Gasteiger partial charge is 0.257 e. The van der Waals surface area contributed by atoms with Gasteiger partial charge in [0.1, 0.15) is 5.75 Å². The molecule has 1 amide bonds. The van der Waals surface area contributed by atoms with Gasteiger partial charge in [0, 0.05) is 21.4 Å². The van der Waals surface area contributed by atoms with Crippen molar-refractivity contribution >= 4 is 57.3 Å². The standard InChI is InChI=1S/C22H23Cl2N3O2S2/c1-2-3-4-5-12-29-18-10-7-15(8-11-18)20(28)25-21-26-27-22(31-21)30-14-16-6-9-17(23)13-19(16)24/h6-11,13H,2-5,12,14H2,1H3,(H,25,26,28). The molecule has 0 fully saturated rings. The minimum Gasteiger partial charge on any atom is -0.494 e. The van der Waals surface area contributed by atoms with Gasteiger partial charge in [0.05, 0.1) is 6.61 Å². The molecule has 3 aromatic rings. The number of anilines is 1. The zero-order chi connectivity index (χ0) is 22.1. The molecule has 31 heavy (non-hydrogen) atoms. The average Bonchev–Trinajstić information content (AvgIpc) is 3.20. The fourth-order valence-electron chi connectivity index (χ4n) is 2.69. The predicted octanol–water partition coefficient (Wildman–Crippen LogP) is 7.35. The monoisotopic (exact) mass is 495 g/mol. The Labute approximate surface area is 200 Å². The highest BCUT2D eigenvalue weighted by molar-refractivity contribution is 8.00. The summed E-state index contributed by atoms with van der Waals surface area (Å²) in [5, 5.41) is 12.6. The number of nitrogens with one attached hydrogen (secondary N) is 1. The number of rotatable bonds is 11. The van der Waals surface area contributed by atoms with Gasteiger partial charge in [0.25, 0.3) is 5.91 Å². The summed E-state index contributed by atoms with van der Waals surface area (Å²) in [6.45, 7) is 2.88. The molecule has 0 saturated carbocycles. The molecule has 2 aromatic carbocycles. The highest BCUT2D eigenvalue weighted by Gasteiger charge is 2.12. The molecule has 164 valence electrons. The van der Waals surface area contributed by atoms with E-state index in [1.807, 2.05) is 18.2 Å². The Bertz CT molecular complexity index is 997. The molecule has 1 aromatic heterocycles. The Morgan fingerprint density at radius 3 is 2.65 bits per heavy atom. The van der Waals surface area contributed by atoms with Gasteiger partial charge in [0.2, 0.25) is 5.13 Å². The second-order valence-electron chi connectivity index (χ2n) is 6.79. The summed E-state index contributed by atoms with van der Waals surface area (Å²) in [7, 11) is 0. The van der Waals surface area contributed by atoms with Gasteiger partial charge < -0.3 is 4.74 Å². The van der Waals surface area contributed by atoms with E-state index in [0.717, 1.165) is 22.1 Å². The number of amides is 1. The summed E-state index contributed by atoms with van der Waals surface area (Å²) in [5.74, 6) is 1.17. The number of thioether (sulfide) groups is 1. The van der Waals surface area contributed by atoms with Crippen LogP contribution in [0.2, 0.25) is 10.0 Å². The number of hydrogen-bond donors (Lipinski definition) is 1. The number of nitrogens with zero attached hydrogens (tertiary/aromatic N) is 2. The van der Waals surface area contributed by atoms with Gasteiger partial charge in [-0.15, -0.1) is 10.2 Å². The fourth-order valence-corrected chi connectivity index (χ4v) is 4.99. The third-order valence-electron chi connectivity index (χ3n) is 4.38. The molecular weight excluding hydrogens is 473 g/mol. The highest BCUT2D eigenvalue weighted by atomic mass is 35.5. The van der Waals surface area contributed by atoms with Gasteiger partial charge in [0.15, 0.2) is 4.34 Å². The lowest BCUT2D eigenvalue weighted by Gasteiger charge is -2.07. The summed E-state index contributed by atoms with van der Waals surface area (Å²) in [5.41, 5.74) is 1.50. The molecule has 0 aliphatic heterocycles. The third kappa shape index (κ3) is 7.68. The predicted molar refractivity (Wildman–Crippen MR) is 130 cm³/mol. The van der Waals surface area contributed by atoms with Crippen molar-refractivity contribution < 1.29 is 9.53 Å². The number of benzene rings is 2. The lowest BCUT2D eigenvalue weighted by Crippen LogP contribution is -2.11. The van der Waals surface area contributed by atoms with E-state index in [1.54, 1.807) is 24.3 Å². The maximum atomic E-state index is 12.5. The molecule has 0 saturated heterocycles. The maximum Gasteiger partial charge on any atom is 0.257 e. The van der Waals surface area contributed by atoms with Gasteiger partial charge in [-0.2, -0.15) is 0 Å². The van der Waals surface area contributed by atoms with Crippen LogP contribution in [0.25, 0.3) is 0 Å². The summed E-state index contributed by atoms with van der Waals surface area (Å²) in [6.07, 6.45) is 4.64. The number of ether oxygens (including phenoxy) is 1. The first kappa shape index (κ1) is 23.9. The number of aromatic nitrogens is 2. The molecule has 9 heteroatoms. The van der Waals surface area contributed by atoms with Crippen molar-refractivity contribution in [2.75, 3.05) is 11.9 Å². The zero-order valence-corrected chi connectivity index (χ0v) is 20.2. The minimum atomic E-state index is -0.233. The van der Waals surface area contributed by atoms with Gasteiger partial charge >= 0.3 is 0 Å². The number of hydrogen-bond acceptors (Lipinski definition) is 6. The van der Waals surface area contributed by atoms with Crippen molar-refractivity contribution in [3.63, 3.8) is 0 Å².